The first-order chi connectivity index (χ1) is 7.15. The van der Waals surface area contributed by atoms with E-state index in [-0.39, 0.29) is 11.6 Å². The van der Waals surface area contributed by atoms with Crippen LogP contribution in [0.2, 0.25) is 5.02 Å². The fourth-order valence-corrected chi connectivity index (χ4v) is 1.53. The second-order valence-corrected chi connectivity index (χ2v) is 3.77. The molecule has 1 aromatic rings. The van der Waals surface area contributed by atoms with Gasteiger partial charge in [-0.15, -0.1) is 0 Å². The van der Waals surface area contributed by atoms with Crippen LogP contribution in [0.25, 0.3) is 0 Å². The molecule has 0 bridgehead atoms. The molecule has 0 heterocycles. The summed E-state index contributed by atoms with van der Waals surface area (Å²) in [6, 6.07) is 4.87. The van der Waals surface area contributed by atoms with E-state index in [0.717, 1.165) is 0 Å². The molecule has 2 nitrogen and oxygen atoms in total. The van der Waals surface area contributed by atoms with Gasteiger partial charge in [0.15, 0.2) is 0 Å². The van der Waals surface area contributed by atoms with Gasteiger partial charge in [0.2, 0.25) is 0 Å². The van der Waals surface area contributed by atoms with Crippen molar-refractivity contribution in [2.24, 2.45) is 0 Å². The fourth-order valence-electron chi connectivity index (χ4n) is 1.34. The predicted octanol–water partition coefficient (Wildman–Crippen LogP) is 2.42. The van der Waals surface area contributed by atoms with Crippen LogP contribution in [0, 0.1) is 5.82 Å². The zero-order valence-corrected chi connectivity index (χ0v) is 9.30. The summed E-state index contributed by atoms with van der Waals surface area (Å²) in [5.74, 6) is -0.399. The minimum absolute atomic E-state index is 0.119. The Labute approximate surface area is 93.6 Å². The highest BCUT2D eigenvalue weighted by Gasteiger charge is 2.09. The predicted molar refractivity (Wildman–Crippen MR) is 57.6 cm³/mol. The number of benzene rings is 1. The van der Waals surface area contributed by atoms with E-state index in [1.54, 1.807) is 12.1 Å². The van der Waals surface area contributed by atoms with E-state index in [2.05, 4.69) is 0 Å². The van der Waals surface area contributed by atoms with Gasteiger partial charge in [0.05, 0.1) is 17.7 Å². The number of aryl methyl sites for hydroxylation is 1. The SMILES string of the molecule is COCC(O)CCc1cccc(Cl)c1F. The second kappa shape index (κ2) is 6.05. The number of methoxy groups -OCH3 is 1. The molecule has 0 spiro atoms. The van der Waals surface area contributed by atoms with Crippen LogP contribution in [0.5, 0.6) is 0 Å². The normalized spacial score (nSPS) is 12.8. The van der Waals surface area contributed by atoms with E-state index in [4.69, 9.17) is 16.3 Å². The number of ether oxygens (including phenoxy) is 1. The van der Waals surface area contributed by atoms with E-state index < -0.39 is 11.9 Å². The highest BCUT2D eigenvalue weighted by molar-refractivity contribution is 6.30. The third kappa shape index (κ3) is 3.78. The van der Waals surface area contributed by atoms with Gasteiger partial charge in [0.1, 0.15) is 5.82 Å². The number of aliphatic hydroxyl groups is 1. The summed E-state index contributed by atoms with van der Waals surface area (Å²) < 4.78 is 18.2. The molecule has 4 heteroatoms. The molecule has 0 aliphatic rings. The highest BCUT2D eigenvalue weighted by atomic mass is 35.5. The minimum Gasteiger partial charge on any atom is -0.391 e. The van der Waals surface area contributed by atoms with Gasteiger partial charge in [-0.1, -0.05) is 23.7 Å². The molecule has 0 radical (unpaired) electrons. The van der Waals surface area contributed by atoms with Gasteiger partial charge >= 0.3 is 0 Å². The lowest BCUT2D eigenvalue weighted by atomic mass is 10.1. The molecule has 0 amide bonds. The number of halogens is 2. The number of aliphatic hydroxyl groups excluding tert-OH is 1. The summed E-state index contributed by atoms with van der Waals surface area (Å²) in [6.07, 6.45) is 0.357. The van der Waals surface area contributed by atoms with Crippen molar-refractivity contribution >= 4 is 11.6 Å². The van der Waals surface area contributed by atoms with Gasteiger partial charge in [0.25, 0.3) is 0 Å². The molecule has 0 aliphatic heterocycles. The monoisotopic (exact) mass is 232 g/mol. The molecule has 1 N–H and O–H groups in total. The molecular formula is C11H14ClFO2. The summed E-state index contributed by atoms with van der Waals surface area (Å²) in [6.45, 7) is 0.266. The van der Waals surface area contributed by atoms with Crippen LogP contribution < -0.4 is 0 Å². The van der Waals surface area contributed by atoms with Crippen molar-refractivity contribution in [3.05, 3.63) is 34.6 Å². The Morgan fingerprint density at radius 2 is 2.27 bits per heavy atom. The maximum atomic E-state index is 13.4. The van der Waals surface area contributed by atoms with Crippen LogP contribution >= 0.6 is 11.6 Å². The Kier molecular flexibility index (Phi) is 5.02. The lowest BCUT2D eigenvalue weighted by molar-refractivity contribution is 0.0594. The molecule has 1 atom stereocenters. The summed E-state index contributed by atoms with van der Waals surface area (Å²) in [5, 5.41) is 9.51. The maximum absolute atomic E-state index is 13.4. The molecule has 1 rings (SSSR count). The quantitative estimate of drug-likeness (QED) is 0.845. The molecule has 1 unspecified atom stereocenters. The fraction of sp³-hybridized carbons (Fsp3) is 0.455. The van der Waals surface area contributed by atoms with E-state index in [1.807, 2.05) is 0 Å². The van der Waals surface area contributed by atoms with E-state index >= 15 is 0 Å². The standard InChI is InChI=1S/C11H14ClFO2/c1-15-7-9(14)6-5-8-3-2-4-10(12)11(8)13/h2-4,9,14H,5-7H2,1H3. The van der Waals surface area contributed by atoms with E-state index in [0.29, 0.717) is 18.4 Å². The van der Waals surface area contributed by atoms with Gasteiger partial charge in [-0.3, -0.25) is 0 Å². The van der Waals surface area contributed by atoms with Gasteiger partial charge in [0, 0.05) is 7.11 Å². The Hall–Kier alpha value is -0.640. The zero-order valence-electron chi connectivity index (χ0n) is 8.54. The van der Waals surface area contributed by atoms with Crippen LogP contribution in [-0.4, -0.2) is 24.9 Å². The summed E-state index contributed by atoms with van der Waals surface area (Å²) >= 11 is 5.63. The van der Waals surface area contributed by atoms with Crippen molar-refractivity contribution < 1.29 is 14.2 Å². The summed E-state index contributed by atoms with van der Waals surface area (Å²) in [4.78, 5) is 0. The average molecular weight is 233 g/mol. The van der Waals surface area contributed by atoms with Gasteiger partial charge in [-0.05, 0) is 24.5 Å². The van der Waals surface area contributed by atoms with Crippen LogP contribution in [0.15, 0.2) is 18.2 Å². The Morgan fingerprint density at radius 1 is 1.53 bits per heavy atom. The molecule has 0 saturated carbocycles. The van der Waals surface area contributed by atoms with Crippen molar-refractivity contribution in [3.63, 3.8) is 0 Å². The summed E-state index contributed by atoms with van der Waals surface area (Å²) in [5.41, 5.74) is 0.526. The topological polar surface area (TPSA) is 29.5 Å². The smallest absolute Gasteiger partial charge is 0.144 e. The zero-order chi connectivity index (χ0) is 11.3. The maximum Gasteiger partial charge on any atom is 0.144 e. The van der Waals surface area contributed by atoms with Crippen molar-refractivity contribution in [3.8, 4) is 0 Å². The molecule has 84 valence electrons. The largest absolute Gasteiger partial charge is 0.391 e. The van der Waals surface area contributed by atoms with Crippen LogP contribution in [-0.2, 0) is 11.2 Å². The van der Waals surface area contributed by atoms with Crippen LogP contribution in [0.3, 0.4) is 0 Å². The lowest BCUT2D eigenvalue weighted by Crippen LogP contribution is -2.15. The van der Waals surface area contributed by atoms with Crippen molar-refractivity contribution in [1.29, 1.82) is 0 Å². The van der Waals surface area contributed by atoms with Gasteiger partial charge in [-0.25, -0.2) is 4.39 Å². The molecule has 0 saturated heterocycles. The Balaban J connectivity index is 2.54. The van der Waals surface area contributed by atoms with Gasteiger partial charge < -0.3 is 9.84 Å². The average Bonchev–Trinajstić information content (AvgIpc) is 2.21. The number of hydrogen-bond donors (Lipinski definition) is 1. The Morgan fingerprint density at radius 3 is 2.93 bits per heavy atom. The molecule has 0 aromatic heterocycles. The minimum atomic E-state index is -0.562. The molecule has 0 fully saturated rings. The summed E-state index contributed by atoms with van der Waals surface area (Å²) in [7, 11) is 1.52. The third-order valence-electron chi connectivity index (χ3n) is 2.14. The molecule has 0 aliphatic carbocycles. The van der Waals surface area contributed by atoms with Gasteiger partial charge in [-0.2, -0.15) is 0 Å². The first-order valence-corrected chi connectivity index (χ1v) is 5.13. The lowest BCUT2D eigenvalue weighted by Gasteiger charge is -2.09. The number of hydrogen-bond acceptors (Lipinski definition) is 2. The van der Waals surface area contributed by atoms with Crippen LogP contribution in [0.1, 0.15) is 12.0 Å². The molecule has 15 heavy (non-hydrogen) atoms. The molecular weight excluding hydrogens is 219 g/mol. The first-order valence-electron chi connectivity index (χ1n) is 4.75. The van der Waals surface area contributed by atoms with Crippen molar-refractivity contribution in [2.75, 3.05) is 13.7 Å². The number of rotatable bonds is 5. The first kappa shape index (κ1) is 12.4. The Bertz CT molecular complexity index is 317. The highest BCUT2D eigenvalue weighted by Crippen LogP contribution is 2.19. The van der Waals surface area contributed by atoms with Crippen molar-refractivity contribution in [2.45, 2.75) is 18.9 Å². The van der Waals surface area contributed by atoms with E-state index in [1.165, 1.54) is 13.2 Å². The van der Waals surface area contributed by atoms with Crippen LogP contribution in [0.4, 0.5) is 4.39 Å². The van der Waals surface area contributed by atoms with Crippen molar-refractivity contribution in [1.82, 2.24) is 0 Å². The van der Waals surface area contributed by atoms with E-state index in [9.17, 15) is 9.50 Å². The third-order valence-corrected chi connectivity index (χ3v) is 2.43. The second-order valence-electron chi connectivity index (χ2n) is 3.36. The molecule has 1 aromatic carbocycles.